The van der Waals surface area contributed by atoms with E-state index in [-0.39, 0.29) is 43.6 Å². The molecule has 4 heterocycles. The van der Waals surface area contributed by atoms with E-state index in [1.807, 2.05) is 72.5 Å². The first kappa shape index (κ1) is 47.7. The van der Waals surface area contributed by atoms with Gasteiger partial charge in [0.05, 0.1) is 41.5 Å². The largest absolute Gasteiger partial charge is 0.509 e. The number of aliphatic hydroxyl groups excluding tert-OH is 1. The summed E-state index contributed by atoms with van der Waals surface area (Å²) < 4.78 is 56.0. The smallest absolute Gasteiger partial charge is 0.458 e. The van der Waals surface area contributed by atoms with E-state index in [0.717, 1.165) is 0 Å². The minimum Gasteiger partial charge on any atom is -0.458 e. The molecule has 0 spiro atoms. The second-order valence-corrected chi connectivity index (χ2v) is 18.0. The van der Waals surface area contributed by atoms with Crippen LogP contribution in [0.2, 0.25) is 0 Å². The van der Waals surface area contributed by atoms with Gasteiger partial charge in [-0.2, -0.15) is 0 Å². The highest BCUT2D eigenvalue weighted by atomic mass is 16.8. The van der Waals surface area contributed by atoms with Crippen molar-refractivity contribution in [1.29, 1.82) is 0 Å². The van der Waals surface area contributed by atoms with Crippen LogP contribution in [0.5, 0.6) is 0 Å². The SMILES string of the molecule is CC[C@H]1OC(=O)[C@H](C)[C@@H](OC2C[C@@](C)(OC)[C@@H](OCC=O)[C@H](C)O2)[C@H](C)[C@@H](O[C@@H]2O[C@H](C)C[C@H](N(C)C)[C@H]2O)[C@](C)(O)C[C@@H](C)CN(C)[C@H](C)[C@@H]2OC(=O)O[C@]12C. The molecule has 0 radical (unpaired) electrons. The Kier molecular flexibility index (Phi) is 16.0. The molecule has 0 bridgehead atoms. The molecule has 0 amide bonds. The Labute approximate surface area is 339 Å². The molecule has 4 saturated heterocycles. The van der Waals surface area contributed by atoms with Crippen molar-refractivity contribution < 1.29 is 67.2 Å². The third-order valence-corrected chi connectivity index (χ3v) is 13.0. The quantitative estimate of drug-likeness (QED) is 0.242. The summed E-state index contributed by atoms with van der Waals surface area (Å²) >= 11 is 0. The zero-order valence-electron chi connectivity index (χ0n) is 36.7. The van der Waals surface area contributed by atoms with Crippen LogP contribution in [-0.4, -0.2) is 170 Å². The molecule has 4 rings (SSSR count). The van der Waals surface area contributed by atoms with Gasteiger partial charge in [0.1, 0.15) is 31.2 Å². The Balaban J connectivity index is 1.83. The number of cyclic esters (lactones) is 1. The van der Waals surface area contributed by atoms with Gasteiger partial charge in [0, 0.05) is 38.1 Å². The summed E-state index contributed by atoms with van der Waals surface area (Å²) in [5, 5.41) is 24.3. The number of carbonyl (C=O) groups excluding carboxylic acids is 3. The standard InChI is InChI=1S/C41H72N2O14/c1-15-29-41(10)34(56-38(47)57-41)26(6)43(13)21-22(2)19-39(8,48)33(55-37-31(45)28(42(11)12)18-23(3)51-37)24(4)32(25(5)36(46)53-29)54-30-20-40(9,49-14)35(27(7)52-30)50-17-16-44/h16,22-35,37,45,48H,15,17-21H2,1-14H3/t22-,23-,24+,25-,26-,27+,28+,29-,30?,31-,32+,33-,34+,35+,37+,39-,40-,41-/m1/s1. The van der Waals surface area contributed by atoms with Crippen LogP contribution in [0.15, 0.2) is 0 Å². The van der Waals surface area contributed by atoms with Gasteiger partial charge in [-0.1, -0.05) is 20.8 Å². The zero-order chi connectivity index (χ0) is 42.8. The molecule has 1 unspecified atom stereocenters. The van der Waals surface area contributed by atoms with E-state index in [1.165, 1.54) is 0 Å². The van der Waals surface area contributed by atoms with Crippen LogP contribution in [0, 0.1) is 17.8 Å². The summed E-state index contributed by atoms with van der Waals surface area (Å²) in [6.45, 7) is 18.7. The highest BCUT2D eigenvalue weighted by Gasteiger charge is 2.58. The van der Waals surface area contributed by atoms with Crippen molar-refractivity contribution in [3.63, 3.8) is 0 Å². The molecule has 0 aromatic heterocycles. The average molecular weight is 817 g/mol. The minimum absolute atomic E-state index is 0.129. The molecule has 0 aromatic carbocycles. The fourth-order valence-corrected chi connectivity index (χ4v) is 9.79. The molecule has 0 aromatic rings. The fourth-order valence-electron chi connectivity index (χ4n) is 9.79. The number of rotatable bonds is 10. The topological polar surface area (TPSA) is 181 Å². The van der Waals surface area contributed by atoms with E-state index in [4.69, 9.17) is 42.6 Å². The number of methoxy groups -OCH3 is 1. The van der Waals surface area contributed by atoms with Crippen LogP contribution in [0.25, 0.3) is 0 Å². The highest BCUT2D eigenvalue weighted by molar-refractivity contribution is 5.73. The van der Waals surface area contributed by atoms with E-state index in [2.05, 4.69) is 0 Å². The van der Waals surface area contributed by atoms with Gasteiger partial charge in [0.2, 0.25) is 0 Å². The van der Waals surface area contributed by atoms with Gasteiger partial charge in [-0.05, 0) is 94.8 Å². The second kappa shape index (κ2) is 19.2. The molecule has 16 heteroatoms. The predicted molar refractivity (Wildman–Crippen MR) is 207 cm³/mol. The monoisotopic (exact) mass is 816 g/mol. The van der Waals surface area contributed by atoms with Gasteiger partial charge in [-0.15, -0.1) is 0 Å². The van der Waals surface area contributed by atoms with Crippen molar-refractivity contribution >= 4 is 18.4 Å². The molecule has 18 atom stereocenters. The Morgan fingerprint density at radius 2 is 1.65 bits per heavy atom. The zero-order valence-corrected chi connectivity index (χ0v) is 36.7. The second-order valence-electron chi connectivity index (χ2n) is 18.0. The van der Waals surface area contributed by atoms with Crippen molar-refractivity contribution in [3.05, 3.63) is 0 Å². The minimum atomic E-state index is -1.56. The number of aldehydes is 1. The summed E-state index contributed by atoms with van der Waals surface area (Å²) in [6, 6.07) is -0.640. The third kappa shape index (κ3) is 10.5. The summed E-state index contributed by atoms with van der Waals surface area (Å²) in [6.07, 6.45) is -7.16. The number of ether oxygens (including phenoxy) is 9. The van der Waals surface area contributed by atoms with Crippen molar-refractivity contribution in [2.75, 3.05) is 41.4 Å². The van der Waals surface area contributed by atoms with Crippen molar-refractivity contribution in [2.24, 2.45) is 17.8 Å². The summed E-state index contributed by atoms with van der Waals surface area (Å²) in [7, 11) is 7.24. The molecule has 4 fully saturated rings. The van der Waals surface area contributed by atoms with Gasteiger partial charge < -0.3 is 62.5 Å². The predicted octanol–water partition coefficient (Wildman–Crippen LogP) is 3.31. The maximum Gasteiger partial charge on any atom is 0.509 e. The number of aliphatic hydroxyl groups is 2. The van der Waals surface area contributed by atoms with Crippen LogP contribution in [0.3, 0.4) is 0 Å². The molecule has 2 N–H and O–H groups in total. The first-order valence-electron chi connectivity index (χ1n) is 20.6. The van der Waals surface area contributed by atoms with Crippen LogP contribution in [-0.2, 0) is 52.2 Å². The fraction of sp³-hybridized carbons (Fsp3) is 0.927. The normalized spacial score (nSPS) is 46.9. The van der Waals surface area contributed by atoms with Gasteiger partial charge >= 0.3 is 12.1 Å². The van der Waals surface area contributed by atoms with E-state index < -0.39 is 96.1 Å². The first-order chi connectivity index (χ1) is 26.5. The van der Waals surface area contributed by atoms with Crippen molar-refractivity contribution in [1.82, 2.24) is 9.80 Å². The number of carbonyl (C=O) groups is 3. The first-order valence-corrected chi connectivity index (χ1v) is 20.6. The lowest BCUT2D eigenvalue weighted by Gasteiger charge is -2.49. The maximum absolute atomic E-state index is 14.5. The number of esters is 1. The summed E-state index contributed by atoms with van der Waals surface area (Å²) in [5.74, 6) is -2.52. The lowest BCUT2D eigenvalue weighted by atomic mass is 9.77. The molecule has 4 aliphatic heterocycles. The van der Waals surface area contributed by atoms with Gasteiger partial charge in [0.15, 0.2) is 24.3 Å². The van der Waals surface area contributed by atoms with Gasteiger partial charge in [-0.3, -0.25) is 9.69 Å². The maximum atomic E-state index is 14.5. The van der Waals surface area contributed by atoms with E-state index in [1.54, 1.807) is 34.8 Å². The summed E-state index contributed by atoms with van der Waals surface area (Å²) in [4.78, 5) is 42.5. The summed E-state index contributed by atoms with van der Waals surface area (Å²) in [5.41, 5.74) is -3.83. The number of likely N-dealkylation sites (N-methyl/N-ethyl adjacent to an activating group) is 2. The Bertz CT molecular complexity index is 1350. The van der Waals surface area contributed by atoms with Crippen LogP contribution >= 0.6 is 0 Å². The van der Waals surface area contributed by atoms with Crippen molar-refractivity contribution in [3.8, 4) is 0 Å². The van der Waals surface area contributed by atoms with Gasteiger partial charge in [-0.25, -0.2) is 4.79 Å². The van der Waals surface area contributed by atoms with Gasteiger partial charge in [0.25, 0.3) is 0 Å². The number of nitrogens with zero attached hydrogens (tertiary/aromatic N) is 2. The molecule has 57 heavy (non-hydrogen) atoms. The van der Waals surface area contributed by atoms with Crippen LogP contribution in [0.1, 0.15) is 94.9 Å². The molecule has 0 saturated carbocycles. The number of fused-ring (bicyclic) bond motifs is 1. The average Bonchev–Trinajstić information content (AvgIpc) is 3.44. The Hall–Kier alpha value is -1.99. The van der Waals surface area contributed by atoms with Crippen LogP contribution in [0.4, 0.5) is 4.79 Å². The molecule has 16 nitrogen and oxygen atoms in total. The van der Waals surface area contributed by atoms with E-state index in [0.29, 0.717) is 25.7 Å². The third-order valence-electron chi connectivity index (χ3n) is 13.0. The Morgan fingerprint density at radius 3 is 2.25 bits per heavy atom. The van der Waals surface area contributed by atoms with Crippen molar-refractivity contribution in [2.45, 2.75) is 185 Å². The molecule has 330 valence electrons. The molecule has 0 aliphatic carbocycles. The van der Waals surface area contributed by atoms with E-state index in [9.17, 15) is 24.6 Å². The molecule has 4 aliphatic rings. The van der Waals surface area contributed by atoms with E-state index >= 15 is 0 Å². The molecular formula is C41H72N2O14. The van der Waals surface area contributed by atoms with Crippen LogP contribution < -0.4 is 0 Å². The number of hydrogen-bond acceptors (Lipinski definition) is 16. The lowest BCUT2D eigenvalue weighted by Crippen LogP contribution is -2.61. The number of hydrogen-bond donors (Lipinski definition) is 2. The molecular weight excluding hydrogens is 744 g/mol. The Morgan fingerprint density at radius 1 is 0.982 bits per heavy atom. The lowest BCUT2D eigenvalue weighted by molar-refractivity contribution is -0.320. The highest BCUT2D eigenvalue weighted by Crippen LogP contribution is 2.42.